The maximum Gasteiger partial charge on any atom is 1.00 e. The Hall–Kier alpha value is -0.310. The van der Waals surface area contributed by atoms with Crippen LogP contribution in [0.15, 0.2) is 12.1 Å². The largest absolute Gasteiger partial charge is 1.00 e. The summed E-state index contributed by atoms with van der Waals surface area (Å²) in [5.74, 6) is -1.09. The fourth-order valence-electron chi connectivity index (χ4n) is 1.50. The second-order valence-corrected chi connectivity index (χ2v) is 3.06. The zero-order chi connectivity index (χ0) is 9.30. The predicted octanol–water partition coefficient (Wildman–Crippen LogP) is -2.02. The molecule has 0 aliphatic heterocycles. The van der Waals surface area contributed by atoms with Gasteiger partial charge in [0.25, 0.3) is 0 Å². The van der Waals surface area contributed by atoms with Crippen LogP contribution in [0.4, 0.5) is 0 Å². The molecule has 0 fully saturated rings. The summed E-state index contributed by atoms with van der Waals surface area (Å²) < 4.78 is 0. The third kappa shape index (κ3) is 2.83. The van der Waals surface area contributed by atoms with E-state index in [4.69, 9.17) is 0 Å². The van der Waals surface area contributed by atoms with Crippen molar-refractivity contribution < 1.29 is 39.5 Å². The van der Waals surface area contributed by atoms with Crippen molar-refractivity contribution >= 4 is 5.97 Å². The summed E-state index contributed by atoms with van der Waals surface area (Å²) in [6.45, 7) is 5.51. The first kappa shape index (κ1) is 12.7. The average molecular weight is 186 g/mol. The van der Waals surface area contributed by atoms with Crippen LogP contribution in [0.25, 0.3) is 0 Å². The van der Waals surface area contributed by atoms with E-state index in [1.54, 1.807) is 13.8 Å². The van der Waals surface area contributed by atoms with Crippen LogP contribution in [0.2, 0.25) is 0 Å². The Bertz CT molecular complexity index is 309. The SMILES string of the molecule is Cc1cc(C)c(C(=O)[O-])c(C)c1.[Na+]. The Morgan fingerprint density at radius 2 is 1.54 bits per heavy atom. The molecule has 2 nitrogen and oxygen atoms in total. The van der Waals surface area contributed by atoms with Crippen LogP contribution < -0.4 is 34.7 Å². The molecule has 0 amide bonds. The first-order valence-corrected chi connectivity index (χ1v) is 3.81. The fraction of sp³-hybridized carbons (Fsp3) is 0.300. The van der Waals surface area contributed by atoms with Crippen LogP contribution in [-0.4, -0.2) is 5.97 Å². The van der Waals surface area contributed by atoms with E-state index in [1.165, 1.54) is 0 Å². The van der Waals surface area contributed by atoms with Crippen molar-refractivity contribution in [1.82, 2.24) is 0 Å². The fourth-order valence-corrected chi connectivity index (χ4v) is 1.50. The van der Waals surface area contributed by atoms with E-state index in [2.05, 4.69) is 0 Å². The molecule has 0 aromatic heterocycles. The zero-order valence-electron chi connectivity index (χ0n) is 8.47. The molecule has 0 N–H and O–H groups in total. The molecule has 13 heavy (non-hydrogen) atoms. The van der Waals surface area contributed by atoms with Gasteiger partial charge in [0.1, 0.15) is 0 Å². The van der Waals surface area contributed by atoms with Gasteiger partial charge in [-0.2, -0.15) is 0 Å². The molecule has 1 aromatic rings. The number of hydrogen-bond donors (Lipinski definition) is 0. The summed E-state index contributed by atoms with van der Waals surface area (Å²) in [4.78, 5) is 10.6. The van der Waals surface area contributed by atoms with Crippen LogP contribution in [0.5, 0.6) is 0 Å². The van der Waals surface area contributed by atoms with Gasteiger partial charge in [0, 0.05) is 5.56 Å². The van der Waals surface area contributed by atoms with E-state index in [-0.39, 0.29) is 29.6 Å². The minimum absolute atomic E-state index is 0. The van der Waals surface area contributed by atoms with Crippen molar-refractivity contribution in [2.24, 2.45) is 0 Å². The summed E-state index contributed by atoms with van der Waals surface area (Å²) >= 11 is 0. The van der Waals surface area contributed by atoms with Crippen LogP contribution >= 0.6 is 0 Å². The standard InChI is InChI=1S/C10H12O2.Na/c1-6-4-7(2)9(10(11)12)8(3)5-6;/h4-5H,1-3H3,(H,11,12);/q;+1/p-1. The number of carbonyl (C=O) groups is 1. The number of rotatable bonds is 1. The van der Waals surface area contributed by atoms with E-state index in [0.717, 1.165) is 16.7 Å². The minimum Gasteiger partial charge on any atom is -0.545 e. The molecular formula is C10H11NaO2. The summed E-state index contributed by atoms with van der Waals surface area (Å²) in [5, 5.41) is 10.6. The van der Waals surface area contributed by atoms with Gasteiger partial charge in [0.15, 0.2) is 0 Å². The van der Waals surface area contributed by atoms with Gasteiger partial charge in [0.05, 0.1) is 5.97 Å². The molecule has 0 saturated carbocycles. The minimum atomic E-state index is -1.09. The summed E-state index contributed by atoms with van der Waals surface area (Å²) in [6.07, 6.45) is 0. The zero-order valence-corrected chi connectivity index (χ0v) is 10.5. The van der Waals surface area contributed by atoms with Crippen molar-refractivity contribution in [2.75, 3.05) is 0 Å². The maximum atomic E-state index is 10.6. The Labute approximate surface area is 100 Å². The summed E-state index contributed by atoms with van der Waals surface area (Å²) in [7, 11) is 0. The third-order valence-electron chi connectivity index (χ3n) is 1.88. The number of aromatic carboxylic acids is 1. The summed E-state index contributed by atoms with van der Waals surface area (Å²) in [5.41, 5.74) is 2.94. The van der Waals surface area contributed by atoms with Gasteiger partial charge in [-0.25, -0.2) is 0 Å². The Morgan fingerprint density at radius 1 is 1.15 bits per heavy atom. The molecule has 0 unspecified atom stereocenters. The van der Waals surface area contributed by atoms with E-state index in [9.17, 15) is 9.90 Å². The Morgan fingerprint density at radius 3 is 1.85 bits per heavy atom. The van der Waals surface area contributed by atoms with Crippen LogP contribution in [0, 0.1) is 20.8 Å². The third-order valence-corrected chi connectivity index (χ3v) is 1.88. The van der Waals surface area contributed by atoms with Gasteiger partial charge >= 0.3 is 29.6 Å². The van der Waals surface area contributed by atoms with E-state index >= 15 is 0 Å². The van der Waals surface area contributed by atoms with Crippen molar-refractivity contribution in [2.45, 2.75) is 20.8 Å². The monoisotopic (exact) mass is 186 g/mol. The molecule has 1 aromatic carbocycles. The molecule has 0 saturated heterocycles. The van der Waals surface area contributed by atoms with E-state index in [0.29, 0.717) is 5.56 Å². The second-order valence-electron chi connectivity index (χ2n) is 3.06. The van der Waals surface area contributed by atoms with Gasteiger partial charge < -0.3 is 9.90 Å². The van der Waals surface area contributed by atoms with Crippen molar-refractivity contribution in [3.63, 3.8) is 0 Å². The van der Waals surface area contributed by atoms with Crippen molar-refractivity contribution in [1.29, 1.82) is 0 Å². The maximum absolute atomic E-state index is 10.6. The first-order valence-electron chi connectivity index (χ1n) is 3.81. The van der Waals surface area contributed by atoms with Gasteiger partial charge in [-0.1, -0.05) is 17.7 Å². The number of aryl methyl sites for hydroxylation is 3. The topological polar surface area (TPSA) is 40.1 Å². The molecule has 0 spiro atoms. The molecule has 0 radical (unpaired) electrons. The van der Waals surface area contributed by atoms with Crippen LogP contribution in [0.1, 0.15) is 27.0 Å². The molecule has 1 rings (SSSR count). The van der Waals surface area contributed by atoms with Gasteiger partial charge in [0.2, 0.25) is 0 Å². The van der Waals surface area contributed by atoms with E-state index in [1.807, 2.05) is 19.1 Å². The van der Waals surface area contributed by atoms with Gasteiger partial charge in [-0.3, -0.25) is 0 Å². The smallest absolute Gasteiger partial charge is 0.545 e. The quantitative estimate of drug-likeness (QED) is 0.475. The Kier molecular flexibility index (Phi) is 4.68. The molecule has 0 aliphatic rings. The van der Waals surface area contributed by atoms with Gasteiger partial charge in [-0.15, -0.1) is 0 Å². The molecule has 0 bridgehead atoms. The molecule has 64 valence electrons. The van der Waals surface area contributed by atoms with Crippen LogP contribution in [-0.2, 0) is 0 Å². The molecule has 0 atom stereocenters. The van der Waals surface area contributed by atoms with Gasteiger partial charge in [-0.05, 0) is 31.9 Å². The number of carboxylic acids is 1. The number of benzene rings is 1. The molecule has 0 heterocycles. The number of hydrogen-bond acceptors (Lipinski definition) is 2. The second kappa shape index (κ2) is 4.80. The predicted molar refractivity (Wildman–Crippen MR) is 45.0 cm³/mol. The van der Waals surface area contributed by atoms with E-state index < -0.39 is 5.97 Å². The summed E-state index contributed by atoms with van der Waals surface area (Å²) in [6, 6.07) is 3.69. The molecule has 3 heteroatoms. The number of carbonyl (C=O) groups excluding carboxylic acids is 1. The van der Waals surface area contributed by atoms with Crippen LogP contribution in [0.3, 0.4) is 0 Å². The molecule has 0 aliphatic carbocycles. The normalized spacial score (nSPS) is 9.15. The average Bonchev–Trinajstić information content (AvgIpc) is 1.82. The Balaban J connectivity index is 0.00000144. The number of carboxylic acid groups (broad SMARTS) is 1. The van der Waals surface area contributed by atoms with Crippen molar-refractivity contribution in [3.8, 4) is 0 Å². The van der Waals surface area contributed by atoms with Crippen molar-refractivity contribution in [3.05, 3.63) is 34.4 Å². The molecular weight excluding hydrogens is 175 g/mol. The first-order chi connectivity index (χ1) is 5.52.